The van der Waals surface area contributed by atoms with Gasteiger partial charge in [-0.15, -0.1) is 0 Å². The van der Waals surface area contributed by atoms with Crippen LogP contribution >= 0.6 is 11.7 Å². The molecule has 0 saturated heterocycles. The molecule has 1 aromatic heterocycles. The van der Waals surface area contributed by atoms with E-state index in [9.17, 15) is 23.1 Å². The molecule has 0 fully saturated rings. The number of carbonyl (C=O) groups excluding carboxylic acids is 1. The van der Waals surface area contributed by atoms with Gasteiger partial charge in [0.05, 0.1) is 36.1 Å². The van der Waals surface area contributed by atoms with Crippen LogP contribution in [0.15, 0.2) is 30.5 Å². The van der Waals surface area contributed by atoms with Crippen LogP contribution in [0.25, 0.3) is 0 Å². The molecule has 2 aromatic rings. The molecule has 0 spiro atoms. The number of rotatable bonds is 4. The summed E-state index contributed by atoms with van der Waals surface area (Å²) in [4.78, 5) is 11.8. The van der Waals surface area contributed by atoms with Gasteiger partial charge in [-0.1, -0.05) is 18.2 Å². The fourth-order valence-corrected chi connectivity index (χ4v) is 2.19. The first-order valence-electron chi connectivity index (χ1n) is 5.79. The number of amides is 1. The number of hydrogen-bond donors (Lipinski definition) is 2. The van der Waals surface area contributed by atoms with Crippen molar-refractivity contribution in [2.24, 2.45) is 0 Å². The maximum atomic E-state index is 12.9. The van der Waals surface area contributed by atoms with E-state index in [-0.39, 0.29) is 11.3 Å². The molecule has 112 valence electrons. The second-order valence-corrected chi connectivity index (χ2v) is 4.64. The van der Waals surface area contributed by atoms with E-state index in [4.69, 9.17) is 0 Å². The quantitative estimate of drug-likeness (QED) is 0.905. The average molecular weight is 317 g/mol. The third kappa shape index (κ3) is 3.56. The van der Waals surface area contributed by atoms with Gasteiger partial charge in [0.2, 0.25) is 0 Å². The molecule has 0 aliphatic rings. The lowest BCUT2D eigenvalue weighted by atomic mass is 10.00. The molecule has 5 nitrogen and oxygen atoms in total. The van der Waals surface area contributed by atoms with Crippen molar-refractivity contribution in [3.05, 3.63) is 47.3 Å². The summed E-state index contributed by atoms with van der Waals surface area (Å²) in [6.07, 6.45) is -3.37. The lowest BCUT2D eigenvalue weighted by molar-refractivity contribution is -0.138. The molecular weight excluding hydrogens is 307 g/mol. The number of benzene rings is 1. The summed E-state index contributed by atoms with van der Waals surface area (Å²) in [6.45, 7) is -0.670. The minimum absolute atomic E-state index is 0.0112. The van der Waals surface area contributed by atoms with Crippen LogP contribution in [0.3, 0.4) is 0 Å². The second kappa shape index (κ2) is 6.19. The number of hydrogen-bond acceptors (Lipinski definition) is 5. The molecule has 1 atom stereocenters. The van der Waals surface area contributed by atoms with Gasteiger partial charge >= 0.3 is 6.18 Å². The van der Waals surface area contributed by atoms with Crippen molar-refractivity contribution in [3.63, 3.8) is 0 Å². The summed E-state index contributed by atoms with van der Waals surface area (Å²) in [7, 11) is 0. The van der Waals surface area contributed by atoms with Crippen molar-refractivity contribution >= 4 is 17.6 Å². The van der Waals surface area contributed by atoms with E-state index in [1.54, 1.807) is 0 Å². The van der Waals surface area contributed by atoms with Gasteiger partial charge in [-0.05, 0) is 11.6 Å². The third-order valence-electron chi connectivity index (χ3n) is 2.72. The molecule has 0 saturated carbocycles. The van der Waals surface area contributed by atoms with Crippen molar-refractivity contribution in [1.29, 1.82) is 0 Å². The van der Waals surface area contributed by atoms with Gasteiger partial charge in [-0.3, -0.25) is 4.79 Å². The van der Waals surface area contributed by atoms with Gasteiger partial charge in [0.15, 0.2) is 5.69 Å². The van der Waals surface area contributed by atoms with E-state index in [1.165, 1.54) is 24.4 Å². The van der Waals surface area contributed by atoms with Crippen LogP contribution in [0.1, 0.15) is 27.7 Å². The molecule has 1 aromatic carbocycles. The first-order chi connectivity index (χ1) is 9.93. The molecule has 2 N–H and O–H groups in total. The van der Waals surface area contributed by atoms with E-state index >= 15 is 0 Å². The van der Waals surface area contributed by atoms with E-state index in [1.807, 2.05) is 0 Å². The molecule has 21 heavy (non-hydrogen) atoms. The smallest absolute Gasteiger partial charge is 0.394 e. The van der Waals surface area contributed by atoms with E-state index in [0.717, 1.165) is 17.8 Å². The Morgan fingerprint density at radius 3 is 2.67 bits per heavy atom. The van der Waals surface area contributed by atoms with Crippen LogP contribution in [0.4, 0.5) is 13.2 Å². The molecule has 0 radical (unpaired) electrons. The first kappa shape index (κ1) is 15.4. The highest BCUT2D eigenvalue weighted by Gasteiger charge is 2.35. The molecule has 0 aliphatic heterocycles. The lowest BCUT2D eigenvalue weighted by Crippen LogP contribution is -2.32. The Morgan fingerprint density at radius 2 is 2.10 bits per heavy atom. The number of halogens is 3. The molecular formula is C12H10F3N3O2S. The van der Waals surface area contributed by atoms with Crippen LogP contribution in [-0.4, -0.2) is 26.4 Å². The van der Waals surface area contributed by atoms with E-state index in [2.05, 4.69) is 14.1 Å². The number of alkyl halides is 3. The Bertz CT molecular complexity index is 616. The number of aliphatic hydroxyl groups is 1. The van der Waals surface area contributed by atoms with Gasteiger partial charge in [0.1, 0.15) is 0 Å². The number of aliphatic hydroxyl groups excluding tert-OH is 1. The first-order valence-corrected chi connectivity index (χ1v) is 6.52. The topological polar surface area (TPSA) is 75.1 Å². The number of aromatic nitrogens is 2. The summed E-state index contributed by atoms with van der Waals surface area (Å²) < 4.78 is 46.1. The maximum Gasteiger partial charge on any atom is 0.416 e. The minimum Gasteiger partial charge on any atom is -0.394 e. The standard InChI is InChI=1S/C12H10F3N3O2S/c13-12(14,15)8-4-2-1-3-7(8)10(6-19)17-11(20)9-5-16-21-18-9/h1-5,10,19H,6H2,(H,17,20). The van der Waals surface area contributed by atoms with E-state index < -0.39 is 30.3 Å². The van der Waals surface area contributed by atoms with Crippen LogP contribution in [0.2, 0.25) is 0 Å². The zero-order chi connectivity index (χ0) is 15.5. The highest BCUT2D eigenvalue weighted by atomic mass is 32.1. The Labute approximate surface area is 121 Å². The Hall–Kier alpha value is -2.00. The van der Waals surface area contributed by atoms with Crippen molar-refractivity contribution < 1.29 is 23.1 Å². The molecule has 1 heterocycles. The van der Waals surface area contributed by atoms with Crippen molar-refractivity contribution in [2.45, 2.75) is 12.2 Å². The average Bonchev–Trinajstić information content (AvgIpc) is 2.98. The number of nitrogens with one attached hydrogen (secondary N) is 1. The van der Waals surface area contributed by atoms with Gasteiger partial charge in [0, 0.05) is 0 Å². The summed E-state index contributed by atoms with van der Waals surface area (Å²) in [5, 5.41) is 11.6. The minimum atomic E-state index is -4.57. The molecule has 1 unspecified atom stereocenters. The fourth-order valence-electron chi connectivity index (χ4n) is 1.78. The zero-order valence-corrected chi connectivity index (χ0v) is 11.3. The van der Waals surface area contributed by atoms with Gasteiger partial charge < -0.3 is 10.4 Å². The molecule has 9 heteroatoms. The van der Waals surface area contributed by atoms with Crippen LogP contribution in [0.5, 0.6) is 0 Å². The Morgan fingerprint density at radius 1 is 1.38 bits per heavy atom. The van der Waals surface area contributed by atoms with Gasteiger partial charge in [-0.25, -0.2) is 0 Å². The Kier molecular flexibility index (Phi) is 4.53. The fraction of sp³-hybridized carbons (Fsp3) is 0.250. The largest absolute Gasteiger partial charge is 0.416 e. The van der Waals surface area contributed by atoms with Crippen LogP contribution in [0, 0.1) is 0 Å². The summed E-state index contributed by atoms with van der Waals surface area (Å²) >= 11 is 0.802. The van der Waals surface area contributed by atoms with Gasteiger partial charge in [0.25, 0.3) is 5.91 Å². The molecule has 0 bridgehead atoms. The monoisotopic (exact) mass is 317 g/mol. The highest BCUT2D eigenvalue weighted by molar-refractivity contribution is 6.99. The normalized spacial score (nSPS) is 13.0. The zero-order valence-electron chi connectivity index (χ0n) is 10.5. The third-order valence-corrected chi connectivity index (χ3v) is 3.20. The summed E-state index contributed by atoms with van der Waals surface area (Å²) in [6, 6.07) is 3.58. The predicted octanol–water partition coefficient (Wildman–Crippen LogP) is 2.02. The number of nitrogens with zero attached hydrogens (tertiary/aromatic N) is 2. The van der Waals surface area contributed by atoms with Crippen molar-refractivity contribution in [3.8, 4) is 0 Å². The van der Waals surface area contributed by atoms with Crippen molar-refractivity contribution in [1.82, 2.24) is 14.1 Å². The van der Waals surface area contributed by atoms with Gasteiger partial charge in [-0.2, -0.15) is 21.9 Å². The summed E-state index contributed by atoms with van der Waals surface area (Å²) in [5.41, 5.74) is -1.12. The number of carbonyl (C=O) groups is 1. The highest BCUT2D eigenvalue weighted by Crippen LogP contribution is 2.34. The SMILES string of the molecule is O=C(NC(CO)c1ccccc1C(F)(F)F)c1cnsn1. The Balaban J connectivity index is 2.28. The predicted molar refractivity (Wildman–Crippen MR) is 68.6 cm³/mol. The lowest BCUT2D eigenvalue weighted by Gasteiger charge is -2.20. The molecule has 0 aliphatic carbocycles. The molecule has 2 rings (SSSR count). The van der Waals surface area contributed by atoms with Crippen LogP contribution < -0.4 is 5.32 Å². The summed E-state index contributed by atoms with van der Waals surface area (Å²) in [5.74, 6) is -0.695. The van der Waals surface area contributed by atoms with Crippen LogP contribution in [-0.2, 0) is 6.18 Å². The maximum absolute atomic E-state index is 12.9. The van der Waals surface area contributed by atoms with E-state index in [0.29, 0.717) is 0 Å². The molecule has 1 amide bonds. The van der Waals surface area contributed by atoms with Crippen molar-refractivity contribution in [2.75, 3.05) is 6.61 Å². The second-order valence-electron chi connectivity index (χ2n) is 4.09.